The first-order valence-corrected chi connectivity index (χ1v) is 5.49. The molecule has 0 saturated carbocycles. The Morgan fingerprint density at radius 3 is 3.20 bits per heavy atom. The topological polar surface area (TPSA) is 56.9 Å². The highest BCUT2D eigenvalue weighted by atomic mass is 16.2. The Hall–Kier alpha value is -1.29. The van der Waals surface area contributed by atoms with E-state index < -0.39 is 0 Å². The lowest BCUT2D eigenvalue weighted by Gasteiger charge is -2.14. The molecular formula is C11H17N3O. The molecule has 1 aliphatic rings. The maximum Gasteiger partial charge on any atom is 0.237 e. The second-order valence-corrected chi connectivity index (χ2v) is 3.94. The molecule has 0 spiro atoms. The van der Waals surface area contributed by atoms with E-state index in [2.05, 4.69) is 15.6 Å². The van der Waals surface area contributed by atoms with Crippen molar-refractivity contribution in [3.8, 4) is 0 Å². The molecule has 1 aliphatic heterocycles. The lowest BCUT2D eigenvalue weighted by atomic mass is 10.1. The number of carbonyl (C=O) groups excluding carboxylic acids is 1. The first-order chi connectivity index (χ1) is 7.36. The number of carbonyl (C=O) groups is 1. The standard InChI is InChI=1S/C11H17N3O/c15-11-10(3-1-2-5-13-11)14-8-9-4-6-12-7-9/h4,6-7,10,12,14H,1-3,5,8H2,(H,13,15). The zero-order valence-corrected chi connectivity index (χ0v) is 8.75. The van der Waals surface area contributed by atoms with Crippen molar-refractivity contribution in [2.45, 2.75) is 31.8 Å². The van der Waals surface area contributed by atoms with Gasteiger partial charge in [-0.15, -0.1) is 0 Å². The van der Waals surface area contributed by atoms with E-state index in [1.54, 1.807) is 0 Å². The van der Waals surface area contributed by atoms with Gasteiger partial charge in [-0.3, -0.25) is 4.79 Å². The van der Waals surface area contributed by atoms with Gasteiger partial charge in [0.15, 0.2) is 0 Å². The van der Waals surface area contributed by atoms with Gasteiger partial charge < -0.3 is 15.6 Å². The van der Waals surface area contributed by atoms with Crippen LogP contribution in [0.2, 0.25) is 0 Å². The van der Waals surface area contributed by atoms with E-state index in [9.17, 15) is 4.79 Å². The number of H-pyrrole nitrogens is 1. The molecule has 82 valence electrons. The van der Waals surface area contributed by atoms with Gasteiger partial charge in [0.05, 0.1) is 6.04 Å². The van der Waals surface area contributed by atoms with Crippen LogP contribution in [0.15, 0.2) is 18.5 Å². The Balaban J connectivity index is 1.84. The fourth-order valence-electron chi connectivity index (χ4n) is 1.84. The maximum absolute atomic E-state index is 11.6. The van der Waals surface area contributed by atoms with Crippen molar-refractivity contribution in [3.63, 3.8) is 0 Å². The fraction of sp³-hybridized carbons (Fsp3) is 0.545. The molecule has 2 heterocycles. The number of aromatic amines is 1. The summed E-state index contributed by atoms with van der Waals surface area (Å²) in [7, 11) is 0. The SMILES string of the molecule is O=C1NCCCCC1NCc1cc[nH]c1. The molecule has 3 N–H and O–H groups in total. The van der Waals surface area contributed by atoms with Crippen molar-refractivity contribution < 1.29 is 4.79 Å². The van der Waals surface area contributed by atoms with E-state index in [1.807, 2.05) is 18.5 Å². The number of nitrogens with one attached hydrogen (secondary N) is 3. The highest BCUT2D eigenvalue weighted by Gasteiger charge is 2.19. The van der Waals surface area contributed by atoms with Crippen molar-refractivity contribution in [2.24, 2.45) is 0 Å². The van der Waals surface area contributed by atoms with Gasteiger partial charge in [-0.1, -0.05) is 0 Å². The van der Waals surface area contributed by atoms with Crippen LogP contribution in [-0.4, -0.2) is 23.5 Å². The van der Waals surface area contributed by atoms with E-state index >= 15 is 0 Å². The monoisotopic (exact) mass is 207 g/mol. The number of hydrogen-bond donors (Lipinski definition) is 3. The van der Waals surface area contributed by atoms with Gasteiger partial charge in [0.1, 0.15) is 0 Å². The van der Waals surface area contributed by atoms with Crippen LogP contribution in [0.5, 0.6) is 0 Å². The number of rotatable bonds is 3. The van der Waals surface area contributed by atoms with E-state index in [4.69, 9.17) is 0 Å². The number of amides is 1. The van der Waals surface area contributed by atoms with Gasteiger partial charge in [-0.2, -0.15) is 0 Å². The largest absolute Gasteiger partial charge is 0.367 e. The van der Waals surface area contributed by atoms with Crippen LogP contribution in [0, 0.1) is 0 Å². The highest BCUT2D eigenvalue weighted by Crippen LogP contribution is 2.06. The van der Waals surface area contributed by atoms with Crippen LogP contribution < -0.4 is 10.6 Å². The lowest BCUT2D eigenvalue weighted by Crippen LogP contribution is -2.42. The first-order valence-electron chi connectivity index (χ1n) is 5.49. The molecule has 4 heteroatoms. The fourth-order valence-corrected chi connectivity index (χ4v) is 1.84. The summed E-state index contributed by atoms with van der Waals surface area (Å²) >= 11 is 0. The molecule has 2 rings (SSSR count). The molecule has 1 aromatic rings. The van der Waals surface area contributed by atoms with Gasteiger partial charge in [0.25, 0.3) is 0 Å². The molecule has 15 heavy (non-hydrogen) atoms. The molecule has 0 aliphatic carbocycles. The van der Waals surface area contributed by atoms with E-state index in [-0.39, 0.29) is 11.9 Å². The molecule has 0 radical (unpaired) electrons. The summed E-state index contributed by atoms with van der Waals surface area (Å²) in [6, 6.07) is 1.99. The normalized spacial score (nSPS) is 22.1. The molecule has 0 bridgehead atoms. The van der Waals surface area contributed by atoms with Crippen LogP contribution >= 0.6 is 0 Å². The van der Waals surface area contributed by atoms with Gasteiger partial charge in [-0.05, 0) is 30.9 Å². The number of hydrogen-bond acceptors (Lipinski definition) is 2. The van der Waals surface area contributed by atoms with Gasteiger partial charge in [0.2, 0.25) is 5.91 Å². The van der Waals surface area contributed by atoms with E-state index in [1.165, 1.54) is 5.56 Å². The van der Waals surface area contributed by atoms with Crippen LogP contribution in [-0.2, 0) is 11.3 Å². The third kappa shape index (κ3) is 2.83. The minimum atomic E-state index is -0.0256. The summed E-state index contributed by atoms with van der Waals surface area (Å²) in [6.45, 7) is 1.57. The van der Waals surface area contributed by atoms with Crippen molar-refractivity contribution in [1.82, 2.24) is 15.6 Å². The quantitative estimate of drug-likeness (QED) is 0.686. The van der Waals surface area contributed by atoms with Crippen molar-refractivity contribution in [2.75, 3.05) is 6.54 Å². The molecule has 1 saturated heterocycles. The Labute approximate surface area is 89.5 Å². The smallest absolute Gasteiger partial charge is 0.237 e. The van der Waals surface area contributed by atoms with Crippen LogP contribution in [0.4, 0.5) is 0 Å². The highest BCUT2D eigenvalue weighted by molar-refractivity contribution is 5.81. The summed E-state index contributed by atoms with van der Waals surface area (Å²) < 4.78 is 0. The summed E-state index contributed by atoms with van der Waals surface area (Å²) in [5.74, 6) is 0.142. The molecule has 0 aromatic carbocycles. The molecule has 1 fully saturated rings. The molecular weight excluding hydrogens is 190 g/mol. The minimum Gasteiger partial charge on any atom is -0.367 e. The zero-order valence-electron chi connectivity index (χ0n) is 8.75. The Morgan fingerprint density at radius 2 is 2.40 bits per heavy atom. The Morgan fingerprint density at radius 1 is 1.47 bits per heavy atom. The average Bonchev–Trinajstić information content (AvgIpc) is 2.67. The second kappa shape index (κ2) is 4.98. The maximum atomic E-state index is 11.6. The van der Waals surface area contributed by atoms with Crippen LogP contribution in [0.1, 0.15) is 24.8 Å². The first kappa shape index (κ1) is 10.2. The van der Waals surface area contributed by atoms with E-state index in [0.717, 1.165) is 32.4 Å². The summed E-state index contributed by atoms with van der Waals surface area (Å²) in [6.07, 6.45) is 6.99. The summed E-state index contributed by atoms with van der Waals surface area (Å²) in [5.41, 5.74) is 1.19. The van der Waals surface area contributed by atoms with E-state index in [0.29, 0.717) is 0 Å². The molecule has 1 unspecified atom stereocenters. The number of aromatic nitrogens is 1. The predicted molar refractivity (Wildman–Crippen MR) is 58.3 cm³/mol. The van der Waals surface area contributed by atoms with Crippen molar-refractivity contribution in [3.05, 3.63) is 24.0 Å². The second-order valence-electron chi connectivity index (χ2n) is 3.94. The summed E-state index contributed by atoms with van der Waals surface area (Å²) in [4.78, 5) is 14.6. The van der Waals surface area contributed by atoms with Gasteiger partial charge in [0, 0.05) is 25.5 Å². The van der Waals surface area contributed by atoms with Crippen molar-refractivity contribution >= 4 is 5.91 Å². The minimum absolute atomic E-state index is 0.0256. The predicted octanol–water partition coefficient (Wildman–Crippen LogP) is 0.773. The Bertz CT molecular complexity index is 308. The van der Waals surface area contributed by atoms with Crippen LogP contribution in [0.3, 0.4) is 0 Å². The van der Waals surface area contributed by atoms with Crippen molar-refractivity contribution in [1.29, 1.82) is 0 Å². The lowest BCUT2D eigenvalue weighted by molar-refractivity contribution is -0.122. The molecule has 1 aromatic heterocycles. The summed E-state index contributed by atoms with van der Waals surface area (Å²) in [5, 5.41) is 6.20. The van der Waals surface area contributed by atoms with Crippen LogP contribution in [0.25, 0.3) is 0 Å². The molecule has 1 amide bonds. The molecule has 4 nitrogen and oxygen atoms in total. The third-order valence-corrected chi connectivity index (χ3v) is 2.75. The van der Waals surface area contributed by atoms with Gasteiger partial charge in [-0.25, -0.2) is 0 Å². The zero-order chi connectivity index (χ0) is 10.5. The molecule has 1 atom stereocenters. The average molecular weight is 207 g/mol. The third-order valence-electron chi connectivity index (χ3n) is 2.75. The van der Waals surface area contributed by atoms with Gasteiger partial charge >= 0.3 is 0 Å². The Kier molecular flexibility index (Phi) is 3.40.